The molecule has 118 valence electrons. The molecule has 1 heterocycles. The zero-order valence-electron chi connectivity index (χ0n) is 12.7. The first kappa shape index (κ1) is 16.2. The van der Waals surface area contributed by atoms with Gasteiger partial charge in [0.25, 0.3) is 5.69 Å². The molecular weight excluding hydrogens is 284 g/mol. The summed E-state index contributed by atoms with van der Waals surface area (Å²) in [5.74, 6) is -0.184. The SMILES string of the molecule is CC(C)(O)C1CCCN1C(=O)/C=C/c1cccc([N+](=O)[O-])c1. The van der Waals surface area contributed by atoms with Gasteiger partial charge in [0.1, 0.15) is 0 Å². The number of rotatable bonds is 4. The number of carbonyl (C=O) groups is 1. The van der Waals surface area contributed by atoms with E-state index in [-0.39, 0.29) is 17.6 Å². The Balaban J connectivity index is 2.11. The van der Waals surface area contributed by atoms with Crippen LogP contribution < -0.4 is 0 Å². The van der Waals surface area contributed by atoms with Crippen molar-refractivity contribution in [3.8, 4) is 0 Å². The summed E-state index contributed by atoms with van der Waals surface area (Å²) in [7, 11) is 0. The first-order valence-corrected chi connectivity index (χ1v) is 7.24. The summed E-state index contributed by atoms with van der Waals surface area (Å²) in [6.07, 6.45) is 4.61. The van der Waals surface area contributed by atoms with E-state index in [2.05, 4.69) is 0 Å². The molecule has 0 aromatic heterocycles. The third-order valence-corrected chi connectivity index (χ3v) is 3.85. The summed E-state index contributed by atoms with van der Waals surface area (Å²) in [5, 5.41) is 20.9. The van der Waals surface area contributed by atoms with Crippen LogP contribution in [0.4, 0.5) is 5.69 Å². The van der Waals surface area contributed by atoms with Crippen LogP contribution >= 0.6 is 0 Å². The van der Waals surface area contributed by atoms with Crippen molar-refractivity contribution >= 4 is 17.7 Å². The molecule has 1 saturated heterocycles. The Hall–Kier alpha value is -2.21. The number of aliphatic hydroxyl groups is 1. The smallest absolute Gasteiger partial charge is 0.270 e. The second kappa shape index (κ2) is 6.27. The number of likely N-dealkylation sites (tertiary alicyclic amines) is 1. The van der Waals surface area contributed by atoms with Crippen LogP contribution in [0.5, 0.6) is 0 Å². The second-order valence-electron chi connectivity index (χ2n) is 6.03. The van der Waals surface area contributed by atoms with Crippen LogP contribution in [-0.4, -0.2) is 39.0 Å². The molecule has 0 bridgehead atoms. The highest BCUT2D eigenvalue weighted by Gasteiger charge is 2.37. The van der Waals surface area contributed by atoms with Gasteiger partial charge in [-0.05, 0) is 38.3 Å². The molecule has 1 amide bonds. The molecule has 0 radical (unpaired) electrons. The van der Waals surface area contributed by atoms with Crippen molar-refractivity contribution in [3.63, 3.8) is 0 Å². The molecule has 0 spiro atoms. The highest BCUT2D eigenvalue weighted by Crippen LogP contribution is 2.27. The zero-order valence-corrected chi connectivity index (χ0v) is 12.7. The minimum absolute atomic E-state index is 0.00913. The van der Waals surface area contributed by atoms with Gasteiger partial charge >= 0.3 is 0 Å². The monoisotopic (exact) mass is 304 g/mol. The van der Waals surface area contributed by atoms with Crippen molar-refractivity contribution in [2.45, 2.75) is 38.3 Å². The summed E-state index contributed by atoms with van der Waals surface area (Å²) < 4.78 is 0. The number of benzene rings is 1. The number of nitro groups is 1. The van der Waals surface area contributed by atoms with E-state index in [4.69, 9.17) is 0 Å². The predicted molar refractivity (Wildman–Crippen MR) is 83.2 cm³/mol. The molecule has 0 aliphatic carbocycles. The van der Waals surface area contributed by atoms with Crippen LogP contribution in [0, 0.1) is 10.1 Å². The van der Waals surface area contributed by atoms with E-state index >= 15 is 0 Å². The van der Waals surface area contributed by atoms with Gasteiger partial charge in [0.2, 0.25) is 5.91 Å². The number of hydrogen-bond acceptors (Lipinski definition) is 4. The molecule has 1 aliphatic heterocycles. The van der Waals surface area contributed by atoms with Gasteiger partial charge in [-0.1, -0.05) is 12.1 Å². The standard InChI is InChI=1S/C16H20N2O4/c1-16(2,20)14-7-4-10-17(14)15(19)9-8-12-5-3-6-13(11-12)18(21)22/h3,5-6,8-9,11,14,20H,4,7,10H2,1-2H3/b9-8+. The molecule has 2 rings (SSSR count). The van der Waals surface area contributed by atoms with Crippen LogP contribution in [0.3, 0.4) is 0 Å². The molecule has 1 atom stereocenters. The fourth-order valence-electron chi connectivity index (χ4n) is 2.77. The molecule has 1 aliphatic rings. The Morgan fingerprint density at radius 2 is 2.23 bits per heavy atom. The topological polar surface area (TPSA) is 83.7 Å². The molecule has 1 aromatic rings. The van der Waals surface area contributed by atoms with Gasteiger partial charge in [0, 0.05) is 24.8 Å². The lowest BCUT2D eigenvalue weighted by molar-refractivity contribution is -0.384. The van der Waals surface area contributed by atoms with E-state index in [9.17, 15) is 20.0 Å². The number of nitrogens with zero attached hydrogens (tertiary/aromatic N) is 2. The average molecular weight is 304 g/mol. The van der Waals surface area contributed by atoms with Gasteiger partial charge in [-0.25, -0.2) is 0 Å². The summed E-state index contributed by atoms with van der Waals surface area (Å²) >= 11 is 0. The minimum Gasteiger partial charge on any atom is -0.388 e. The van der Waals surface area contributed by atoms with Crippen molar-refractivity contribution < 1.29 is 14.8 Å². The van der Waals surface area contributed by atoms with Crippen LogP contribution in [0.1, 0.15) is 32.3 Å². The Bertz CT molecular complexity index is 604. The van der Waals surface area contributed by atoms with Gasteiger partial charge in [0.15, 0.2) is 0 Å². The summed E-state index contributed by atoms with van der Waals surface area (Å²) in [5.41, 5.74) is -0.349. The lowest BCUT2D eigenvalue weighted by Gasteiger charge is -2.33. The maximum atomic E-state index is 12.3. The Labute approximate surface area is 129 Å². The van der Waals surface area contributed by atoms with Crippen molar-refractivity contribution in [2.75, 3.05) is 6.54 Å². The van der Waals surface area contributed by atoms with Crippen LogP contribution in [-0.2, 0) is 4.79 Å². The van der Waals surface area contributed by atoms with Gasteiger partial charge in [0.05, 0.1) is 16.6 Å². The zero-order chi connectivity index (χ0) is 16.3. The van der Waals surface area contributed by atoms with E-state index in [0.29, 0.717) is 12.1 Å². The Morgan fingerprint density at radius 3 is 2.86 bits per heavy atom. The van der Waals surface area contributed by atoms with Crippen molar-refractivity contribution in [3.05, 3.63) is 46.0 Å². The molecule has 1 aromatic carbocycles. The molecular formula is C16H20N2O4. The maximum absolute atomic E-state index is 12.3. The molecule has 1 fully saturated rings. The minimum atomic E-state index is -0.939. The Morgan fingerprint density at radius 1 is 1.50 bits per heavy atom. The summed E-state index contributed by atoms with van der Waals surface area (Å²) in [4.78, 5) is 24.2. The summed E-state index contributed by atoms with van der Waals surface area (Å²) in [6.45, 7) is 4.02. The first-order chi connectivity index (χ1) is 10.3. The summed E-state index contributed by atoms with van der Waals surface area (Å²) in [6, 6.07) is 5.91. The third-order valence-electron chi connectivity index (χ3n) is 3.85. The molecule has 6 heteroatoms. The quantitative estimate of drug-likeness (QED) is 0.526. The fraction of sp³-hybridized carbons (Fsp3) is 0.438. The highest BCUT2D eigenvalue weighted by molar-refractivity contribution is 5.92. The molecule has 1 unspecified atom stereocenters. The van der Waals surface area contributed by atoms with Gasteiger partial charge < -0.3 is 10.0 Å². The van der Waals surface area contributed by atoms with E-state index in [0.717, 1.165) is 12.8 Å². The third kappa shape index (κ3) is 3.71. The maximum Gasteiger partial charge on any atom is 0.270 e. The molecule has 0 saturated carbocycles. The molecule has 6 nitrogen and oxygen atoms in total. The van der Waals surface area contributed by atoms with E-state index < -0.39 is 10.5 Å². The van der Waals surface area contributed by atoms with Crippen LogP contribution in [0.25, 0.3) is 6.08 Å². The fourth-order valence-corrected chi connectivity index (χ4v) is 2.77. The second-order valence-corrected chi connectivity index (χ2v) is 6.03. The number of nitro benzene ring substituents is 1. The average Bonchev–Trinajstić information content (AvgIpc) is 2.94. The van der Waals surface area contributed by atoms with Gasteiger partial charge in [-0.2, -0.15) is 0 Å². The lowest BCUT2D eigenvalue weighted by Crippen LogP contribution is -2.47. The number of non-ortho nitro benzene ring substituents is 1. The van der Waals surface area contributed by atoms with Crippen LogP contribution in [0.15, 0.2) is 30.3 Å². The van der Waals surface area contributed by atoms with Crippen molar-refractivity contribution in [1.82, 2.24) is 4.90 Å². The van der Waals surface area contributed by atoms with E-state index in [1.807, 2.05) is 0 Å². The predicted octanol–water partition coefficient (Wildman–Crippen LogP) is 2.37. The normalized spacial score (nSPS) is 18.9. The number of carbonyl (C=O) groups excluding carboxylic acids is 1. The van der Waals surface area contributed by atoms with Gasteiger partial charge in [-0.15, -0.1) is 0 Å². The molecule has 22 heavy (non-hydrogen) atoms. The first-order valence-electron chi connectivity index (χ1n) is 7.24. The number of hydrogen-bond donors (Lipinski definition) is 1. The van der Waals surface area contributed by atoms with E-state index in [1.54, 1.807) is 37.0 Å². The van der Waals surface area contributed by atoms with Crippen molar-refractivity contribution in [1.29, 1.82) is 0 Å². The van der Waals surface area contributed by atoms with Gasteiger partial charge in [-0.3, -0.25) is 14.9 Å². The number of amides is 1. The highest BCUT2D eigenvalue weighted by atomic mass is 16.6. The Kier molecular flexibility index (Phi) is 4.61. The lowest BCUT2D eigenvalue weighted by atomic mass is 9.96. The van der Waals surface area contributed by atoms with E-state index in [1.165, 1.54) is 18.2 Å². The largest absolute Gasteiger partial charge is 0.388 e. The molecule has 1 N–H and O–H groups in total. The van der Waals surface area contributed by atoms with Crippen LogP contribution in [0.2, 0.25) is 0 Å². The van der Waals surface area contributed by atoms with Crippen molar-refractivity contribution in [2.24, 2.45) is 0 Å².